The minimum Gasteiger partial charge on any atom is -0.364 e. The zero-order chi connectivity index (χ0) is 16.2. The molecule has 0 amide bonds. The second-order valence-electron chi connectivity index (χ2n) is 5.27. The summed E-state index contributed by atoms with van der Waals surface area (Å²) >= 11 is 0. The summed E-state index contributed by atoms with van der Waals surface area (Å²) in [7, 11) is 0. The fourth-order valence-electron chi connectivity index (χ4n) is 2.72. The highest BCUT2D eigenvalue weighted by atomic mass is 19.1. The molecule has 0 aliphatic carbocycles. The van der Waals surface area contributed by atoms with Gasteiger partial charge in [-0.25, -0.2) is 14.4 Å². The summed E-state index contributed by atoms with van der Waals surface area (Å²) in [5.41, 5.74) is 0.252. The normalized spacial score (nSPS) is 15.3. The van der Waals surface area contributed by atoms with Gasteiger partial charge in [0.25, 0.3) is 5.69 Å². The van der Waals surface area contributed by atoms with Crippen molar-refractivity contribution in [1.29, 1.82) is 0 Å². The lowest BCUT2D eigenvalue weighted by Crippen LogP contribution is -2.31. The Bertz CT molecular complexity index is 698. The van der Waals surface area contributed by atoms with Crippen LogP contribution < -0.4 is 9.80 Å². The van der Waals surface area contributed by atoms with E-state index in [-0.39, 0.29) is 5.69 Å². The summed E-state index contributed by atoms with van der Waals surface area (Å²) in [6.07, 6.45) is 4.19. The smallest absolute Gasteiger partial charge is 0.295 e. The van der Waals surface area contributed by atoms with Gasteiger partial charge in [-0.1, -0.05) is 0 Å². The number of nitrogens with zero attached hydrogens (tertiary/aromatic N) is 5. The molecule has 23 heavy (non-hydrogen) atoms. The van der Waals surface area contributed by atoms with Crippen LogP contribution in [0.2, 0.25) is 0 Å². The van der Waals surface area contributed by atoms with Gasteiger partial charge in [0.05, 0.1) is 11.0 Å². The molecule has 8 heteroatoms. The standard InChI is InChI=1S/C15H16FN5O2/c16-12-3-4-13(14(11-12)21(22)23)19-7-2-8-20(10-9-19)15-17-5-1-6-18-15/h1,3-6,11H,2,7-10H2. The maximum Gasteiger partial charge on any atom is 0.295 e. The van der Waals surface area contributed by atoms with Crippen molar-refractivity contribution < 1.29 is 9.31 Å². The van der Waals surface area contributed by atoms with Crippen molar-refractivity contribution in [3.8, 4) is 0 Å². The molecule has 1 aromatic carbocycles. The Kier molecular flexibility index (Phi) is 4.31. The first kappa shape index (κ1) is 15.1. The molecular weight excluding hydrogens is 301 g/mol. The van der Waals surface area contributed by atoms with Gasteiger partial charge < -0.3 is 9.80 Å². The largest absolute Gasteiger partial charge is 0.364 e. The molecule has 1 aliphatic rings. The second kappa shape index (κ2) is 6.55. The van der Waals surface area contributed by atoms with Gasteiger partial charge in [-0.3, -0.25) is 10.1 Å². The second-order valence-corrected chi connectivity index (χ2v) is 5.27. The zero-order valence-electron chi connectivity index (χ0n) is 12.4. The summed E-state index contributed by atoms with van der Waals surface area (Å²) < 4.78 is 13.3. The molecule has 1 fully saturated rings. The van der Waals surface area contributed by atoms with Crippen LogP contribution in [0.4, 0.5) is 21.7 Å². The van der Waals surface area contributed by atoms with Crippen LogP contribution in [0.3, 0.4) is 0 Å². The fourth-order valence-corrected chi connectivity index (χ4v) is 2.72. The van der Waals surface area contributed by atoms with Gasteiger partial charge in [-0.2, -0.15) is 0 Å². The lowest BCUT2D eigenvalue weighted by molar-refractivity contribution is -0.384. The molecule has 1 saturated heterocycles. The molecule has 0 radical (unpaired) electrons. The third kappa shape index (κ3) is 3.36. The Balaban J connectivity index is 1.80. The number of benzene rings is 1. The topological polar surface area (TPSA) is 75.4 Å². The molecule has 2 heterocycles. The van der Waals surface area contributed by atoms with E-state index in [4.69, 9.17) is 0 Å². The van der Waals surface area contributed by atoms with Gasteiger partial charge in [0.15, 0.2) is 0 Å². The third-order valence-electron chi connectivity index (χ3n) is 3.81. The summed E-state index contributed by atoms with van der Waals surface area (Å²) in [4.78, 5) is 23.1. The maximum absolute atomic E-state index is 13.3. The molecular formula is C15H16FN5O2. The number of hydrogen-bond donors (Lipinski definition) is 0. The highest BCUT2D eigenvalue weighted by Crippen LogP contribution is 2.29. The molecule has 7 nitrogen and oxygen atoms in total. The number of aromatic nitrogens is 2. The third-order valence-corrected chi connectivity index (χ3v) is 3.81. The predicted molar refractivity (Wildman–Crippen MR) is 84.1 cm³/mol. The van der Waals surface area contributed by atoms with Crippen molar-refractivity contribution in [2.75, 3.05) is 36.0 Å². The number of nitro benzene ring substituents is 1. The van der Waals surface area contributed by atoms with Crippen LogP contribution in [0.25, 0.3) is 0 Å². The van der Waals surface area contributed by atoms with Crippen molar-refractivity contribution >= 4 is 17.3 Å². The van der Waals surface area contributed by atoms with Crippen LogP contribution in [-0.2, 0) is 0 Å². The van der Waals surface area contributed by atoms with Crippen molar-refractivity contribution in [2.45, 2.75) is 6.42 Å². The number of nitro groups is 1. The molecule has 120 valence electrons. The molecule has 0 spiro atoms. The van der Waals surface area contributed by atoms with Gasteiger partial charge in [0.1, 0.15) is 11.5 Å². The van der Waals surface area contributed by atoms with Crippen LogP contribution in [0.15, 0.2) is 36.7 Å². The minimum absolute atomic E-state index is 0.200. The Morgan fingerprint density at radius 3 is 2.52 bits per heavy atom. The van der Waals surface area contributed by atoms with Gasteiger partial charge >= 0.3 is 0 Å². The van der Waals surface area contributed by atoms with Gasteiger partial charge in [-0.05, 0) is 24.6 Å². The molecule has 0 saturated carbocycles. The summed E-state index contributed by atoms with van der Waals surface area (Å²) in [5, 5.41) is 11.2. The first-order valence-electron chi connectivity index (χ1n) is 7.36. The van der Waals surface area contributed by atoms with Gasteiger partial charge in [0.2, 0.25) is 5.95 Å². The molecule has 0 bridgehead atoms. The average molecular weight is 317 g/mol. The van der Waals surface area contributed by atoms with Gasteiger partial charge in [0, 0.05) is 38.6 Å². The van der Waals surface area contributed by atoms with Crippen molar-refractivity contribution in [3.63, 3.8) is 0 Å². The van der Waals surface area contributed by atoms with E-state index in [0.29, 0.717) is 31.3 Å². The van der Waals surface area contributed by atoms with E-state index >= 15 is 0 Å². The van der Waals surface area contributed by atoms with Crippen molar-refractivity contribution in [3.05, 3.63) is 52.6 Å². The SMILES string of the molecule is O=[N+]([O-])c1cc(F)ccc1N1CCCN(c2ncccn2)CC1. The van der Waals surface area contributed by atoms with E-state index in [9.17, 15) is 14.5 Å². The lowest BCUT2D eigenvalue weighted by Gasteiger charge is -2.23. The monoisotopic (exact) mass is 317 g/mol. The summed E-state index contributed by atoms with van der Waals surface area (Å²) in [6.45, 7) is 2.68. The average Bonchev–Trinajstić information content (AvgIpc) is 2.81. The molecule has 1 aliphatic heterocycles. The Labute approximate surface area is 132 Å². The van der Waals surface area contributed by atoms with Crippen LogP contribution in [0.5, 0.6) is 0 Å². The Morgan fingerprint density at radius 1 is 1.09 bits per heavy atom. The van der Waals surface area contributed by atoms with E-state index in [1.54, 1.807) is 18.5 Å². The molecule has 0 unspecified atom stereocenters. The highest BCUT2D eigenvalue weighted by molar-refractivity contribution is 5.63. The number of hydrogen-bond acceptors (Lipinski definition) is 6. The van der Waals surface area contributed by atoms with E-state index in [1.807, 2.05) is 4.90 Å². The number of anilines is 2. The number of halogens is 1. The molecule has 3 rings (SSSR count). The number of rotatable bonds is 3. The van der Waals surface area contributed by atoms with Gasteiger partial charge in [-0.15, -0.1) is 0 Å². The van der Waals surface area contributed by atoms with E-state index in [1.165, 1.54) is 12.1 Å². The Morgan fingerprint density at radius 2 is 1.78 bits per heavy atom. The molecule has 0 N–H and O–H groups in total. The van der Waals surface area contributed by atoms with E-state index < -0.39 is 10.7 Å². The Hall–Kier alpha value is -2.77. The fraction of sp³-hybridized carbons (Fsp3) is 0.333. The van der Waals surface area contributed by atoms with E-state index in [0.717, 1.165) is 19.0 Å². The first-order chi connectivity index (χ1) is 11.1. The van der Waals surface area contributed by atoms with Crippen LogP contribution in [0, 0.1) is 15.9 Å². The van der Waals surface area contributed by atoms with Crippen molar-refractivity contribution in [1.82, 2.24) is 9.97 Å². The van der Waals surface area contributed by atoms with Crippen LogP contribution in [-0.4, -0.2) is 41.1 Å². The summed E-state index contributed by atoms with van der Waals surface area (Å²) in [5.74, 6) is 0.0533. The summed E-state index contributed by atoms with van der Waals surface area (Å²) in [6, 6.07) is 5.46. The van der Waals surface area contributed by atoms with E-state index in [2.05, 4.69) is 14.9 Å². The first-order valence-corrected chi connectivity index (χ1v) is 7.36. The predicted octanol–water partition coefficient (Wildman–Crippen LogP) is 2.24. The van der Waals surface area contributed by atoms with Crippen molar-refractivity contribution in [2.24, 2.45) is 0 Å². The highest BCUT2D eigenvalue weighted by Gasteiger charge is 2.23. The minimum atomic E-state index is -0.602. The van der Waals surface area contributed by atoms with Crippen LogP contribution >= 0.6 is 0 Å². The zero-order valence-corrected chi connectivity index (χ0v) is 12.4. The molecule has 2 aromatic rings. The molecule has 1 aromatic heterocycles. The lowest BCUT2D eigenvalue weighted by atomic mass is 10.2. The quantitative estimate of drug-likeness (QED) is 0.638. The maximum atomic E-state index is 13.3. The molecule has 0 atom stereocenters. The van der Waals surface area contributed by atoms with Crippen LogP contribution in [0.1, 0.15) is 6.42 Å².